The van der Waals surface area contributed by atoms with Gasteiger partial charge in [0.05, 0.1) is 18.3 Å². The smallest absolute Gasteiger partial charge is 0.225 e. The van der Waals surface area contributed by atoms with Crippen LogP contribution >= 0.6 is 11.6 Å². The highest BCUT2D eigenvalue weighted by molar-refractivity contribution is 6.30. The molecule has 2 atom stereocenters. The maximum absolute atomic E-state index is 14.6. The first-order chi connectivity index (χ1) is 16.8. The molecule has 0 spiro atoms. The predicted octanol–water partition coefficient (Wildman–Crippen LogP) is 4.04. The van der Waals surface area contributed by atoms with Crippen molar-refractivity contribution < 1.29 is 18.7 Å². The summed E-state index contributed by atoms with van der Waals surface area (Å²) in [6.07, 6.45) is 5.91. The summed E-state index contributed by atoms with van der Waals surface area (Å²) in [6, 6.07) is 1.76. The second-order valence-corrected chi connectivity index (χ2v) is 9.67. The van der Waals surface area contributed by atoms with Gasteiger partial charge in [-0.05, 0) is 57.1 Å². The number of halogens is 3. The number of nitrogens with one attached hydrogen (secondary N) is 2. The van der Waals surface area contributed by atoms with E-state index in [0.717, 1.165) is 25.0 Å². The van der Waals surface area contributed by atoms with E-state index >= 15 is 0 Å². The molecule has 0 aliphatic heterocycles. The molecule has 2 aromatic heterocycles. The third-order valence-corrected chi connectivity index (χ3v) is 7.15. The molecular weight excluding hydrogens is 480 g/mol. The monoisotopic (exact) mass is 505 g/mol. The Morgan fingerprint density at radius 2 is 1.83 bits per heavy atom. The zero-order chi connectivity index (χ0) is 24.7. The Morgan fingerprint density at radius 1 is 1.11 bits per heavy atom. The number of hydrogen-bond acceptors (Lipinski definition) is 7. The molecule has 2 fully saturated rings. The Balaban J connectivity index is 1.54. The van der Waals surface area contributed by atoms with Gasteiger partial charge in [0.25, 0.3) is 0 Å². The van der Waals surface area contributed by atoms with Crippen LogP contribution < -0.4 is 16.4 Å². The second kappa shape index (κ2) is 9.54. The van der Waals surface area contributed by atoms with Crippen LogP contribution in [0.2, 0.25) is 5.02 Å². The van der Waals surface area contributed by atoms with E-state index in [4.69, 9.17) is 17.3 Å². The number of hydrogen-bond donors (Lipinski definition) is 4. The third-order valence-electron chi connectivity index (χ3n) is 6.93. The predicted molar refractivity (Wildman–Crippen MR) is 127 cm³/mol. The standard InChI is InChI=1S/C23H26ClF2N7O2/c24-12-8-14(25)19(15(26)9-12)31-23-30-17-10-28-22(29-16-2-1-3-18(16)34)32-21(17)33(23)13-6-4-11(5-7-13)20(27)35/h8-11,13,16,18,34H,1-7H2,(H2,27,35)(H,30,31)(H,28,29,32)/t11?,13?,16-,18-/m0/s1. The van der Waals surface area contributed by atoms with E-state index in [9.17, 15) is 18.7 Å². The lowest BCUT2D eigenvalue weighted by Crippen LogP contribution is -2.29. The number of anilines is 3. The Bertz CT molecular complexity index is 1240. The lowest BCUT2D eigenvalue weighted by molar-refractivity contribution is -0.122. The zero-order valence-corrected chi connectivity index (χ0v) is 19.6. The minimum atomic E-state index is -0.852. The van der Waals surface area contributed by atoms with E-state index in [1.165, 1.54) is 6.20 Å². The zero-order valence-electron chi connectivity index (χ0n) is 18.8. The number of primary amides is 1. The fraction of sp³-hybridized carbons (Fsp3) is 0.478. The lowest BCUT2D eigenvalue weighted by Gasteiger charge is -2.29. The number of carbonyl (C=O) groups excluding carboxylic acids is 1. The van der Waals surface area contributed by atoms with Crippen molar-refractivity contribution >= 4 is 46.3 Å². The maximum atomic E-state index is 14.6. The summed E-state index contributed by atoms with van der Waals surface area (Å²) >= 11 is 5.77. The van der Waals surface area contributed by atoms with Crippen LogP contribution in [0.25, 0.3) is 11.2 Å². The van der Waals surface area contributed by atoms with Crippen LogP contribution in [0.4, 0.5) is 26.4 Å². The summed E-state index contributed by atoms with van der Waals surface area (Å²) in [4.78, 5) is 25.2. The number of carbonyl (C=O) groups is 1. The molecule has 2 saturated carbocycles. The summed E-state index contributed by atoms with van der Waals surface area (Å²) in [5.74, 6) is -1.70. The van der Waals surface area contributed by atoms with Gasteiger partial charge in [-0.25, -0.2) is 18.7 Å². The molecule has 2 heterocycles. The van der Waals surface area contributed by atoms with E-state index in [1.807, 2.05) is 0 Å². The SMILES string of the molecule is NC(=O)C1CCC(n2c(Nc3c(F)cc(Cl)cc3F)nc3cnc(N[C@H]4CCC[C@@H]4O)nc32)CC1. The van der Waals surface area contributed by atoms with Crippen molar-refractivity contribution in [3.05, 3.63) is 35.0 Å². The van der Waals surface area contributed by atoms with Crippen LogP contribution in [0.1, 0.15) is 51.0 Å². The van der Waals surface area contributed by atoms with Gasteiger partial charge in [-0.15, -0.1) is 0 Å². The molecule has 5 N–H and O–H groups in total. The first-order valence-corrected chi connectivity index (χ1v) is 12.1. The summed E-state index contributed by atoms with van der Waals surface area (Å²) in [6.45, 7) is 0. The number of nitrogens with two attached hydrogens (primary N) is 1. The molecule has 0 saturated heterocycles. The van der Waals surface area contributed by atoms with Crippen molar-refractivity contribution in [3.63, 3.8) is 0 Å². The lowest BCUT2D eigenvalue weighted by atomic mass is 9.85. The molecule has 12 heteroatoms. The van der Waals surface area contributed by atoms with Crippen molar-refractivity contribution in [2.24, 2.45) is 11.7 Å². The van der Waals surface area contributed by atoms with Gasteiger partial charge < -0.3 is 21.5 Å². The molecule has 0 radical (unpaired) electrons. The minimum Gasteiger partial charge on any atom is -0.391 e. The molecule has 1 amide bonds. The highest BCUT2D eigenvalue weighted by Gasteiger charge is 2.30. The van der Waals surface area contributed by atoms with E-state index < -0.39 is 17.7 Å². The molecule has 0 bridgehead atoms. The average molecular weight is 506 g/mol. The molecule has 0 unspecified atom stereocenters. The second-order valence-electron chi connectivity index (χ2n) is 9.23. The molecular formula is C23H26ClF2N7O2. The number of aliphatic hydroxyl groups excluding tert-OH is 1. The molecule has 5 rings (SSSR count). The number of aliphatic hydroxyl groups is 1. The van der Waals surface area contributed by atoms with Crippen LogP contribution in [-0.4, -0.2) is 42.7 Å². The molecule has 9 nitrogen and oxygen atoms in total. The number of benzene rings is 1. The van der Waals surface area contributed by atoms with Crippen molar-refractivity contribution in [3.8, 4) is 0 Å². The van der Waals surface area contributed by atoms with Crippen LogP contribution in [0.5, 0.6) is 0 Å². The Kier molecular flexibility index (Phi) is 6.45. The number of fused-ring (bicyclic) bond motifs is 1. The summed E-state index contributed by atoms with van der Waals surface area (Å²) in [5.41, 5.74) is 6.04. The van der Waals surface area contributed by atoms with Crippen LogP contribution in [0.3, 0.4) is 0 Å². The number of aromatic nitrogens is 4. The van der Waals surface area contributed by atoms with Gasteiger partial charge in [0.2, 0.25) is 17.8 Å². The topological polar surface area (TPSA) is 131 Å². The van der Waals surface area contributed by atoms with Gasteiger partial charge in [0.1, 0.15) is 11.2 Å². The summed E-state index contributed by atoms with van der Waals surface area (Å²) in [7, 11) is 0. The average Bonchev–Trinajstić information content (AvgIpc) is 3.38. The van der Waals surface area contributed by atoms with Gasteiger partial charge in [-0.2, -0.15) is 4.98 Å². The molecule has 186 valence electrons. The molecule has 2 aliphatic carbocycles. The first-order valence-electron chi connectivity index (χ1n) is 11.7. The van der Waals surface area contributed by atoms with E-state index in [1.54, 1.807) is 4.57 Å². The van der Waals surface area contributed by atoms with Gasteiger partial charge in [0.15, 0.2) is 17.3 Å². The highest BCUT2D eigenvalue weighted by atomic mass is 35.5. The van der Waals surface area contributed by atoms with Crippen LogP contribution in [-0.2, 0) is 4.79 Å². The number of rotatable bonds is 6. The number of amides is 1. The van der Waals surface area contributed by atoms with Crippen LogP contribution in [0, 0.1) is 17.6 Å². The number of nitrogens with zero attached hydrogens (tertiary/aromatic N) is 4. The van der Waals surface area contributed by atoms with Crippen molar-refractivity contribution in [2.45, 2.75) is 63.1 Å². The molecule has 3 aromatic rings. The summed E-state index contributed by atoms with van der Waals surface area (Å²) < 4.78 is 30.9. The van der Waals surface area contributed by atoms with Crippen molar-refractivity contribution in [1.29, 1.82) is 0 Å². The Morgan fingerprint density at radius 3 is 2.46 bits per heavy atom. The Hall–Kier alpha value is -3.05. The molecule has 2 aliphatic rings. The van der Waals surface area contributed by atoms with Crippen molar-refractivity contribution in [2.75, 3.05) is 10.6 Å². The largest absolute Gasteiger partial charge is 0.391 e. The quantitative estimate of drug-likeness (QED) is 0.397. The van der Waals surface area contributed by atoms with Gasteiger partial charge in [-0.3, -0.25) is 9.36 Å². The fourth-order valence-corrected chi connectivity index (χ4v) is 5.25. The van der Waals surface area contributed by atoms with Gasteiger partial charge in [-0.1, -0.05) is 11.6 Å². The number of imidazole rings is 1. The fourth-order valence-electron chi connectivity index (χ4n) is 5.06. The highest BCUT2D eigenvalue weighted by Crippen LogP contribution is 2.38. The van der Waals surface area contributed by atoms with Crippen molar-refractivity contribution in [1.82, 2.24) is 19.5 Å². The molecule has 1 aromatic carbocycles. The van der Waals surface area contributed by atoms with Crippen LogP contribution in [0.15, 0.2) is 18.3 Å². The normalized spacial score (nSPS) is 24.6. The van der Waals surface area contributed by atoms with Gasteiger partial charge in [0, 0.05) is 17.0 Å². The van der Waals surface area contributed by atoms with Gasteiger partial charge >= 0.3 is 0 Å². The van der Waals surface area contributed by atoms with E-state index in [-0.39, 0.29) is 40.6 Å². The van der Waals surface area contributed by atoms with E-state index in [2.05, 4.69) is 25.6 Å². The summed E-state index contributed by atoms with van der Waals surface area (Å²) in [5, 5.41) is 16.1. The van der Waals surface area contributed by atoms with E-state index in [0.29, 0.717) is 49.2 Å². The first kappa shape index (κ1) is 23.7. The minimum absolute atomic E-state index is 0.0560. The maximum Gasteiger partial charge on any atom is 0.225 e. The molecule has 35 heavy (non-hydrogen) atoms. The third kappa shape index (κ3) is 4.74. The Labute approximate surface area is 205 Å².